The highest BCUT2D eigenvalue weighted by atomic mass is 15.0. The zero-order valence-electron chi connectivity index (χ0n) is 25.4. The van der Waals surface area contributed by atoms with Crippen molar-refractivity contribution in [3.05, 3.63) is 174 Å². The van der Waals surface area contributed by atoms with E-state index in [0.29, 0.717) is 0 Å². The monoisotopic (exact) mass is 578 g/mol. The molecule has 0 fully saturated rings. The number of fused-ring (bicyclic) bond motifs is 3. The molecule has 0 unspecified atom stereocenters. The second-order valence-corrected chi connectivity index (χ2v) is 11.1. The van der Waals surface area contributed by atoms with Crippen molar-refractivity contribution >= 4 is 52.7 Å². The third-order valence-electron chi connectivity index (χ3n) is 8.38. The van der Waals surface area contributed by atoms with Gasteiger partial charge in [-0.15, -0.1) is 0 Å². The van der Waals surface area contributed by atoms with Gasteiger partial charge >= 0.3 is 0 Å². The van der Waals surface area contributed by atoms with Gasteiger partial charge in [0.25, 0.3) is 0 Å². The second-order valence-electron chi connectivity index (χ2n) is 11.1. The fourth-order valence-electron chi connectivity index (χ4n) is 6.34. The van der Waals surface area contributed by atoms with E-state index in [1.54, 1.807) is 0 Å². The maximum atomic E-state index is 4.45. The van der Waals surface area contributed by atoms with E-state index in [1.165, 1.54) is 38.6 Å². The summed E-state index contributed by atoms with van der Waals surface area (Å²) in [6, 6.07) is 45.2. The number of hydrogen-bond donors (Lipinski definition) is 0. The van der Waals surface area contributed by atoms with Crippen LogP contribution >= 0.6 is 0 Å². The van der Waals surface area contributed by atoms with E-state index in [-0.39, 0.29) is 0 Å². The quantitative estimate of drug-likeness (QED) is 0.178. The van der Waals surface area contributed by atoms with E-state index in [2.05, 4.69) is 168 Å². The molecule has 0 amide bonds. The molecule has 0 bridgehead atoms. The molecule has 216 valence electrons. The minimum absolute atomic E-state index is 0.980. The SMILES string of the molecule is C=Cc1c(/C=C\C)c(=C)/c(=C\C=C\c2cccc(-c3ccc4c(c3)c3ccccc3n4-c3ccccc3)c2)n1-c1ccccc1. The van der Waals surface area contributed by atoms with Crippen LogP contribution in [0.15, 0.2) is 146 Å². The van der Waals surface area contributed by atoms with Crippen molar-refractivity contribution in [2.24, 2.45) is 0 Å². The van der Waals surface area contributed by atoms with E-state index < -0.39 is 0 Å². The Morgan fingerprint density at radius 3 is 2.00 bits per heavy atom. The van der Waals surface area contributed by atoms with Gasteiger partial charge in [-0.05, 0) is 84.3 Å². The largest absolute Gasteiger partial charge is 0.309 e. The number of allylic oxidation sites excluding steroid dienone is 2. The van der Waals surface area contributed by atoms with E-state index in [0.717, 1.165) is 33.1 Å². The standard InChI is InChI=1S/C43H34N2/c1-4-16-37-31(3)41(44(40(37)5-2)35-20-8-6-9-21-35)26-15-18-32-17-14-19-33(29-32)34-27-28-43-39(30-34)38-24-12-13-25-42(38)45(43)36-22-10-7-11-23-36/h4-30H,2-3H2,1H3/b16-4-,18-15+,41-26+. The first kappa shape index (κ1) is 27.9. The second kappa shape index (κ2) is 12.0. The predicted octanol–water partition coefficient (Wildman–Crippen LogP) is 9.82. The summed E-state index contributed by atoms with van der Waals surface area (Å²) < 4.78 is 4.58. The van der Waals surface area contributed by atoms with Crippen LogP contribution in [0, 0.1) is 0 Å². The third-order valence-corrected chi connectivity index (χ3v) is 8.38. The van der Waals surface area contributed by atoms with Crippen LogP contribution in [0.1, 0.15) is 23.7 Å². The summed E-state index contributed by atoms with van der Waals surface area (Å²) in [5.41, 5.74) is 10.3. The molecule has 0 spiro atoms. The van der Waals surface area contributed by atoms with Crippen molar-refractivity contribution < 1.29 is 0 Å². The molecular formula is C43H34N2. The van der Waals surface area contributed by atoms with Crippen LogP contribution in [0.5, 0.6) is 0 Å². The predicted molar refractivity (Wildman–Crippen MR) is 195 cm³/mol. The number of nitrogens with zero attached hydrogens (tertiary/aromatic N) is 2. The lowest BCUT2D eigenvalue weighted by Gasteiger charge is -2.08. The number of benzene rings is 5. The molecule has 0 atom stereocenters. The summed E-state index contributed by atoms with van der Waals surface area (Å²) in [7, 11) is 0. The van der Waals surface area contributed by atoms with Gasteiger partial charge in [0.2, 0.25) is 0 Å². The van der Waals surface area contributed by atoms with Crippen molar-refractivity contribution in [2.45, 2.75) is 6.92 Å². The van der Waals surface area contributed by atoms with Crippen molar-refractivity contribution in [3.63, 3.8) is 0 Å². The smallest absolute Gasteiger partial charge is 0.0541 e. The Labute approximate surface area is 264 Å². The molecule has 0 N–H and O–H groups in total. The summed E-state index contributed by atoms with van der Waals surface area (Å²) in [5, 5.41) is 4.52. The van der Waals surface area contributed by atoms with Crippen LogP contribution in [0.4, 0.5) is 0 Å². The molecule has 7 aromatic rings. The lowest BCUT2D eigenvalue weighted by Crippen LogP contribution is -2.27. The summed E-state index contributed by atoms with van der Waals surface area (Å²) in [4.78, 5) is 0. The van der Waals surface area contributed by atoms with Gasteiger partial charge in [0.15, 0.2) is 0 Å². The Hall–Kier alpha value is -5.86. The first-order valence-corrected chi connectivity index (χ1v) is 15.3. The average Bonchev–Trinajstić information content (AvgIpc) is 3.56. The molecule has 5 aromatic carbocycles. The topological polar surface area (TPSA) is 9.86 Å². The molecule has 45 heavy (non-hydrogen) atoms. The van der Waals surface area contributed by atoms with E-state index in [1.807, 2.05) is 25.1 Å². The fourth-order valence-corrected chi connectivity index (χ4v) is 6.34. The van der Waals surface area contributed by atoms with Gasteiger partial charge < -0.3 is 9.13 Å². The highest BCUT2D eigenvalue weighted by molar-refractivity contribution is 6.10. The summed E-state index contributed by atoms with van der Waals surface area (Å²) in [6.07, 6.45) is 12.5. The van der Waals surface area contributed by atoms with Crippen molar-refractivity contribution in [2.75, 3.05) is 0 Å². The maximum Gasteiger partial charge on any atom is 0.0541 e. The van der Waals surface area contributed by atoms with Crippen LogP contribution in [0.25, 0.3) is 75.2 Å². The van der Waals surface area contributed by atoms with E-state index in [9.17, 15) is 0 Å². The Morgan fingerprint density at radius 1 is 0.600 bits per heavy atom. The lowest BCUT2D eigenvalue weighted by molar-refractivity contribution is 1.02. The Balaban J connectivity index is 1.29. The third kappa shape index (κ3) is 5.07. The van der Waals surface area contributed by atoms with Gasteiger partial charge in [-0.25, -0.2) is 0 Å². The molecule has 0 aliphatic carbocycles. The highest BCUT2D eigenvalue weighted by Gasteiger charge is 2.13. The van der Waals surface area contributed by atoms with Crippen molar-refractivity contribution in [3.8, 4) is 22.5 Å². The Morgan fingerprint density at radius 2 is 1.27 bits per heavy atom. The van der Waals surface area contributed by atoms with Crippen LogP contribution < -0.4 is 10.6 Å². The number of rotatable bonds is 7. The number of aromatic nitrogens is 2. The zero-order chi connectivity index (χ0) is 30.8. The molecule has 0 aliphatic heterocycles. The molecule has 2 heteroatoms. The first-order chi connectivity index (χ1) is 22.2. The van der Waals surface area contributed by atoms with Crippen molar-refractivity contribution in [1.29, 1.82) is 0 Å². The number of hydrogen-bond acceptors (Lipinski definition) is 0. The molecule has 0 saturated heterocycles. The molecule has 2 nitrogen and oxygen atoms in total. The molecule has 0 radical (unpaired) electrons. The van der Waals surface area contributed by atoms with Gasteiger partial charge in [-0.2, -0.15) is 0 Å². The summed E-state index contributed by atoms with van der Waals surface area (Å²) in [5.74, 6) is 0. The molecular weight excluding hydrogens is 544 g/mol. The zero-order valence-corrected chi connectivity index (χ0v) is 25.4. The van der Waals surface area contributed by atoms with Gasteiger partial charge in [0.05, 0.1) is 22.1 Å². The van der Waals surface area contributed by atoms with Crippen LogP contribution in [0.2, 0.25) is 0 Å². The van der Waals surface area contributed by atoms with E-state index in [4.69, 9.17) is 0 Å². The summed E-state index contributed by atoms with van der Waals surface area (Å²) >= 11 is 0. The first-order valence-electron chi connectivity index (χ1n) is 15.3. The Bertz CT molecular complexity index is 2350. The maximum absolute atomic E-state index is 4.45. The average molecular weight is 579 g/mol. The summed E-state index contributed by atoms with van der Waals surface area (Å²) in [6.45, 7) is 10.6. The number of para-hydroxylation sites is 3. The molecule has 2 aromatic heterocycles. The Kier molecular flexibility index (Phi) is 7.47. The van der Waals surface area contributed by atoms with Crippen molar-refractivity contribution in [1.82, 2.24) is 9.13 Å². The van der Waals surface area contributed by atoms with Gasteiger partial charge in [0, 0.05) is 32.9 Å². The minimum atomic E-state index is 0.980. The molecule has 0 saturated carbocycles. The highest BCUT2D eigenvalue weighted by Crippen LogP contribution is 2.35. The van der Waals surface area contributed by atoms with Gasteiger partial charge in [-0.1, -0.05) is 116 Å². The lowest BCUT2D eigenvalue weighted by atomic mass is 10.0. The normalized spacial score (nSPS) is 12.2. The van der Waals surface area contributed by atoms with Crippen LogP contribution in [-0.2, 0) is 0 Å². The molecule has 0 aliphatic rings. The minimum Gasteiger partial charge on any atom is -0.309 e. The van der Waals surface area contributed by atoms with E-state index >= 15 is 0 Å². The molecule has 7 rings (SSSR count). The van der Waals surface area contributed by atoms with Crippen LogP contribution in [-0.4, -0.2) is 9.13 Å². The molecule has 2 heterocycles. The fraction of sp³-hybridized carbons (Fsp3) is 0.0233. The van der Waals surface area contributed by atoms with Crippen LogP contribution in [0.3, 0.4) is 0 Å². The van der Waals surface area contributed by atoms with Gasteiger partial charge in [-0.3, -0.25) is 0 Å². The van der Waals surface area contributed by atoms with Gasteiger partial charge in [0.1, 0.15) is 0 Å².